The monoisotopic (exact) mass is 274 g/mol. The molecule has 1 aliphatic rings. The number of unbranched alkanes of at least 4 members (excludes halogenated alkanes) is 1. The van der Waals surface area contributed by atoms with Crippen molar-refractivity contribution < 1.29 is 0 Å². The van der Waals surface area contributed by atoms with E-state index < -0.39 is 0 Å². The molecule has 2 N–H and O–H groups in total. The summed E-state index contributed by atoms with van der Waals surface area (Å²) < 4.78 is 0. The number of nitrogens with two attached hydrogens (primary N) is 1. The molecule has 0 radical (unpaired) electrons. The van der Waals surface area contributed by atoms with Crippen molar-refractivity contribution in [2.45, 2.75) is 57.9 Å². The molecular formula is C18H30N2. The Morgan fingerprint density at radius 2 is 1.85 bits per heavy atom. The number of para-hydroxylation sites is 1. The van der Waals surface area contributed by atoms with Gasteiger partial charge in [0.15, 0.2) is 0 Å². The van der Waals surface area contributed by atoms with Crippen LogP contribution in [0.3, 0.4) is 0 Å². The van der Waals surface area contributed by atoms with Gasteiger partial charge in [0.05, 0.1) is 0 Å². The molecule has 0 saturated heterocycles. The fourth-order valence-electron chi connectivity index (χ4n) is 3.53. The summed E-state index contributed by atoms with van der Waals surface area (Å²) in [5.74, 6) is 0.783. The predicted octanol–water partition coefficient (Wildman–Crippen LogP) is 4.20. The maximum absolute atomic E-state index is 6.17. The summed E-state index contributed by atoms with van der Waals surface area (Å²) in [6.45, 7) is 4.18. The van der Waals surface area contributed by atoms with Gasteiger partial charge in [0.2, 0.25) is 0 Å². The molecule has 1 aromatic rings. The summed E-state index contributed by atoms with van der Waals surface area (Å²) in [6.07, 6.45) is 9.39. The van der Waals surface area contributed by atoms with Crippen LogP contribution < -0.4 is 10.6 Å². The van der Waals surface area contributed by atoms with E-state index in [1.807, 2.05) is 0 Å². The largest absolute Gasteiger partial charge is 0.367 e. The molecule has 2 rings (SSSR count). The van der Waals surface area contributed by atoms with Crippen molar-refractivity contribution in [3.8, 4) is 0 Å². The highest BCUT2D eigenvalue weighted by atomic mass is 15.2. The number of hydrogen-bond donors (Lipinski definition) is 1. The van der Waals surface area contributed by atoms with Crippen molar-refractivity contribution in [2.75, 3.05) is 18.0 Å². The number of nitrogens with zero attached hydrogens (tertiary/aromatic N) is 1. The zero-order chi connectivity index (χ0) is 14.2. The van der Waals surface area contributed by atoms with Crippen LogP contribution in [0.25, 0.3) is 0 Å². The van der Waals surface area contributed by atoms with Crippen LogP contribution in [0.15, 0.2) is 30.3 Å². The minimum absolute atomic E-state index is 0.518. The molecule has 0 bridgehead atoms. The van der Waals surface area contributed by atoms with E-state index in [2.05, 4.69) is 42.2 Å². The SMILES string of the molecule is CCCCN(c1ccccc1)C(CN)C1CCCCC1. The zero-order valence-electron chi connectivity index (χ0n) is 12.9. The van der Waals surface area contributed by atoms with Crippen LogP contribution in [0.1, 0.15) is 51.9 Å². The predicted molar refractivity (Wildman–Crippen MR) is 88.1 cm³/mol. The lowest BCUT2D eigenvalue weighted by molar-refractivity contribution is 0.295. The second-order valence-electron chi connectivity index (χ2n) is 6.08. The van der Waals surface area contributed by atoms with Crippen LogP contribution in [-0.4, -0.2) is 19.1 Å². The fourth-order valence-corrected chi connectivity index (χ4v) is 3.53. The van der Waals surface area contributed by atoms with Gasteiger partial charge < -0.3 is 10.6 Å². The molecule has 2 nitrogen and oxygen atoms in total. The Bertz CT molecular complexity index is 357. The average molecular weight is 274 g/mol. The van der Waals surface area contributed by atoms with Crippen molar-refractivity contribution in [3.05, 3.63) is 30.3 Å². The second-order valence-corrected chi connectivity index (χ2v) is 6.08. The number of hydrogen-bond acceptors (Lipinski definition) is 2. The van der Waals surface area contributed by atoms with Crippen molar-refractivity contribution in [1.82, 2.24) is 0 Å². The smallest absolute Gasteiger partial charge is 0.0440 e. The Labute approximate surface area is 124 Å². The second kappa shape index (κ2) is 8.31. The lowest BCUT2D eigenvalue weighted by Gasteiger charge is -2.40. The van der Waals surface area contributed by atoms with Crippen LogP contribution in [0, 0.1) is 5.92 Å². The molecule has 0 heterocycles. The first kappa shape index (κ1) is 15.4. The van der Waals surface area contributed by atoms with Crippen LogP contribution in [0.4, 0.5) is 5.69 Å². The third kappa shape index (κ3) is 3.99. The van der Waals surface area contributed by atoms with Crippen molar-refractivity contribution in [2.24, 2.45) is 11.7 Å². The summed E-state index contributed by atoms with van der Waals surface area (Å²) in [5, 5.41) is 0. The lowest BCUT2D eigenvalue weighted by Crippen LogP contribution is -2.47. The Hall–Kier alpha value is -1.02. The van der Waals surface area contributed by atoms with E-state index in [1.165, 1.54) is 50.6 Å². The molecule has 0 spiro atoms. The molecule has 1 fully saturated rings. The first-order valence-electron chi connectivity index (χ1n) is 8.38. The van der Waals surface area contributed by atoms with Crippen molar-refractivity contribution in [3.63, 3.8) is 0 Å². The molecule has 1 atom stereocenters. The van der Waals surface area contributed by atoms with Gasteiger partial charge in [-0.2, -0.15) is 0 Å². The summed E-state index contributed by atoms with van der Waals surface area (Å²) in [4.78, 5) is 2.58. The highest BCUT2D eigenvalue weighted by Crippen LogP contribution is 2.31. The van der Waals surface area contributed by atoms with E-state index in [0.717, 1.165) is 19.0 Å². The first-order valence-corrected chi connectivity index (χ1v) is 8.38. The molecule has 1 aromatic carbocycles. The highest BCUT2D eigenvalue weighted by molar-refractivity contribution is 5.47. The maximum atomic E-state index is 6.17. The average Bonchev–Trinajstić information content (AvgIpc) is 2.53. The summed E-state index contributed by atoms with van der Waals surface area (Å²) in [6, 6.07) is 11.4. The van der Waals surface area contributed by atoms with Crippen LogP contribution in [-0.2, 0) is 0 Å². The Kier molecular flexibility index (Phi) is 6.38. The molecule has 1 saturated carbocycles. The molecule has 2 heteroatoms. The van der Waals surface area contributed by atoms with Gasteiger partial charge in [-0.3, -0.25) is 0 Å². The standard InChI is InChI=1S/C18H30N2/c1-2-3-14-20(17-12-8-5-9-13-17)18(15-19)16-10-6-4-7-11-16/h5,8-9,12-13,16,18H,2-4,6-7,10-11,14-15,19H2,1H3. The molecule has 1 aliphatic carbocycles. The van der Waals surface area contributed by atoms with Gasteiger partial charge in [-0.05, 0) is 37.3 Å². The minimum Gasteiger partial charge on any atom is -0.367 e. The fraction of sp³-hybridized carbons (Fsp3) is 0.667. The zero-order valence-corrected chi connectivity index (χ0v) is 12.9. The minimum atomic E-state index is 0.518. The van der Waals surface area contributed by atoms with E-state index in [4.69, 9.17) is 5.73 Å². The first-order chi connectivity index (χ1) is 9.86. The molecule has 0 aromatic heterocycles. The van der Waals surface area contributed by atoms with Gasteiger partial charge >= 0.3 is 0 Å². The van der Waals surface area contributed by atoms with Crippen molar-refractivity contribution in [1.29, 1.82) is 0 Å². The van der Waals surface area contributed by atoms with Crippen LogP contribution >= 0.6 is 0 Å². The summed E-state index contributed by atoms with van der Waals surface area (Å²) in [7, 11) is 0. The maximum Gasteiger partial charge on any atom is 0.0440 e. The van der Waals surface area contributed by atoms with Gasteiger partial charge in [-0.25, -0.2) is 0 Å². The van der Waals surface area contributed by atoms with Gasteiger partial charge in [-0.1, -0.05) is 50.8 Å². The van der Waals surface area contributed by atoms with E-state index in [1.54, 1.807) is 0 Å². The number of anilines is 1. The number of rotatable bonds is 7. The Morgan fingerprint density at radius 1 is 1.15 bits per heavy atom. The molecule has 0 amide bonds. The van der Waals surface area contributed by atoms with Gasteiger partial charge in [0.1, 0.15) is 0 Å². The molecule has 0 aliphatic heterocycles. The molecule has 112 valence electrons. The van der Waals surface area contributed by atoms with Gasteiger partial charge in [-0.15, -0.1) is 0 Å². The summed E-state index contributed by atoms with van der Waals surface area (Å²) in [5.41, 5.74) is 7.52. The Morgan fingerprint density at radius 3 is 2.45 bits per heavy atom. The van der Waals surface area contributed by atoms with E-state index >= 15 is 0 Å². The quantitative estimate of drug-likeness (QED) is 0.807. The van der Waals surface area contributed by atoms with E-state index in [-0.39, 0.29) is 0 Å². The topological polar surface area (TPSA) is 29.3 Å². The third-order valence-electron chi connectivity index (χ3n) is 4.68. The molecule has 1 unspecified atom stereocenters. The van der Waals surface area contributed by atoms with E-state index in [0.29, 0.717) is 6.04 Å². The number of benzene rings is 1. The molecular weight excluding hydrogens is 244 g/mol. The third-order valence-corrected chi connectivity index (χ3v) is 4.68. The van der Waals surface area contributed by atoms with Gasteiger partial charge in [0, 0.05) is 24.8 Å². The normalized spacial score (nSPS) is 17.9. The lowest BCUT2D eigenvalue weighted by atomic mass is 9.83. The van der Waals surface area contributed by atoms with Crippen LogP contribution in [0.2, 0.25) is 0 Å². The van der Waals surface area contributed by atoms with Gasteiger partial charge in [0.25, 0.3) is 0 Å². The van der Waals surface area contributed by atoms with E-state index in [9.17, 15) is 0 Å². The molecule has 20 heavy (non-hydrogen) atoms. The summed E-state index contributed by atoms with van der Waals surface area (Å²) >= 11 is 0. The Balaban J connectivity index is 2.14. The van der Waals surface area contributed by atoms with Crippen LogP contribution in [0.5, 0.6) is 0 Å². The van der Waals surface area contributed by atoms with Crippen molar-refractivity contribution >= 4 is 5.69 Å². The highest BCUT2D eigenvalue weighted by Gasteiger charge is 2.27.